The van der Waals surface area contributed by atoms with E-state index in [1.54, 1.807) is 0 Å². The van der Waals surface area contributed by atoms with Gasteiger partial charge in [0.2, 0.25) is 0 Å². The van der Waals surface area contributed by atoms with E-state index in [2.05, 4.69) is 19.9 Å². The highest BCUT2D eigenvalue weighted by molar-refractivity contribution is 5.09. The van der Waals surface area contributed by atoms with E-state index in [9.17, 15) is 0 Å². The molecule has 1 N–H and O–H groups in total. The van der Waals surface area contributed by atoms with Gasteiger partial charge in [-0.05, 0) is 30.3 Å². The fourth-order valence-electron chi connectivity index (χ4n) is 1.63. The third kappa shape index (κ3) is 1.60. The zero-order chi connectivity index (χ0) is 7.56. The van der Waals surface area contributed by atoms with Crippen LogP contribution in [0.1, 0.15) is 26.7 Å². The molecule has 10 heavy (non-hydrogen) atoms. The van der Waals surface area contributed by atoms with Crippen LogP contribution in [0.25, 0.3) is 0 Å². The van der Waals surface area contributed by atoms with Crippen molar-refractivity contribution in [2.24, 2.45) is 11.8 Å². The molecule has 0 aromatic heterocycles. The van der Waals surface area contributed by atoms with Crippen molar-refractivity contribution >= 4 is 0 Å². The van der Waals surface area contributed by atoms with Crippen molar-refractivity contribution in [3.8, 4) is 0 Å². The minimum Gasteiger partial charge on any atom is -0.392 e. The third-order valence-corrected chi connectivity index (χ3v) is 2.35. The molecule has 0 bridgehead atoms. The second kappa shape index (κ2) is 3.20. The Bertz CT molecular complexity index is 138. The Kier molecular flexibility index (Phi) is 2.50. The first-order chi connectivity index (χ1) is 4.74. The van der Waals surface area contributed by atoms with E-state index in [0.717, 1.165) is 12.3 Å². The molecule has 0 amide bonds. The summed E-state index contributed by atoms with van der Waals surface area (Å²) in [5.74, 6) is 1.42. The Morgan fingerprint density at radius 2 is 2.30 bits per heavy atom. The molecule has 1 heteroatoms. The highest BCUT2D eigenvalue weighted by atomic mass is 16.3. The van der Waals surface area contributed by atoms with Gasteiger partial charge in [0.25, 0.3) is 0 Å². The molecule has 1 aliphatic rings. The minimum atomic E-state index is 0.258. The molecule has 0 fully saturated rings. The predicted octanol–water partition coefficient (Wildman–Crippen LogP) is 1.97. The van der Waals surface area contributed by atoms with Crippen LogP contribution < -0.4 is 0 Å². The van der Waals surface area contributed by atoms with Crippen LogP contribution >= 0.6 is 0 Å². The lowest BCUT2D eigenvalue weighted by molar-refractivity contribution is 0.297. The third-order valence-electron chi connectivity index (χ3n) is 2.35. The molecule has 0 radical (unpaired) electrons. The molecule has 2 atom stereocenters. The Morgan fingerprint density at radius 3 is 2.80 bits per heavy atom. The van der Waals surface area contributed by atoms with E-state index in [0.29, 0.717) is 5.92 Å². The zero-order valence-corrected chi connectivity index (χ0v) is 6.80. The second-order valence-electron chi connectivity index (χ2n) is 3.41. The quantitative estimate of drug-likeness (QED) is 0.552. The highest BCUT2D eigenvalue weighted by Crippen LogP contribution is 2.27. The summed E-state index contributed by atoms with van der Waals surface area (Å²) in [4.78, 5) is 0. The van der Waals surface area contributed by atoms with Gasteiger partial charge in [-0.25, -0.2) is 0 Å². The first-order valence-electron chi connectivity index (χ1n) is 4.03. The van der Waals surface area contributed by atoms with Crippen molar-refractivity contribution in [1.29, 1.82) is 0 Å². The van der Waals surface area contributed by atoms with Crippen molar-refractivity contribution in [3.05, 3.63) is 11.6 Å². The van der Waals surface area contributed by atoms with E-state index in [4.69, 9.17) is 5.11 Å². The summed E-state index contributed by atoms with van der Waals surface area (Å²) in [6.07, 6.45) is 4.59. The second-order valence-corrected chi connectivity index (χ2v) is 3.41. The molecule has 0 aromatic rings. The molecule has 1 nitrogen and oxygen atoms in total. The van der Waals surface area contributed by atoms with Gasteiger partial charge < -0.3 is 5.11 Å². The van der Waals surface area contributed by atoms with E-state index >= 15 is 0 Å². The standard InChI is InChI=1S/C9H16O/c1-7-3-4-9(6-10)8(2)5-7/h4,7-8,10H,3,5-6H2,1-2H3. The summed E-state index contributed by atoms with van der Waals surface area (Å²) in [6.45, 7) is 4.72. The number of hydrogen-bond acceptors (Lipinski definition) is 1. The number of rotatable bonds is 1. The highest BCUT2D eigenvalue weighted by Gasteiger charge is 2.16. The average Bonchev–Trinajstić information content (AvgIpc) is 1.88. The molecular formula is C9H16O. The van der Waals surface area contributed by atoms with Crippen molar-refractivity contribution in [2.45, 2.75) is 26.7 Å². The first-order valence-corrected chi connectivity index (χ1v) is 4.03. The van der Waals surface area contributed by atoms with Gasteiger partial charge in [-0.2, -0.15) is 0 Å². The van der Waals surface area contributed by atoms with Gasteiger partial charge in [0.15, 0.2) is 0 Å². The van der Waals surface area contributed by atoms with Gasteiger partial charge in [-0.15, -0.1) is 0 Å². The summed E-state index contributed by atoms with van der Waals surface area (Å²) in [7, 11) is 0. The van der Waals surface area contributed by atoms with E-state index in [1.807, 2.05) is 0 Å². The fraction of sp³-hybridized carbons (Fsp3) is 0.778. The van der Waals surface area contributed by atoms with E-state index < -0.39 is 0 Å². The van der Waals surface area contributed by atoms with Crippen LogP contribution in [0.2, 0.25) is 0 Å². The fourth-order valence-corrected chi connectivity index (χ4v) is 1.63. The molecule has 0 saturated heterocycles. The van der Waals surface area contributed by atoms with Crippen LogP contribution in [0.3, 0.4) is 0 Å². The summed E-state index contributed by atoms with van der Waals surface area (Å²) < 4.78 is 0. The molecule has 2 unspecified atom stereocenters. The number of allylic oxidation sites excluding steroid dienone is 1. The van der Waals surface area contributed by atoms with Crippen molar-refractivity contribution in [1.82, 2.24) is 0 Å². The lowest BCUT2D eigenvalue weighted by Gasteiger charge is -2.23. The first kappa shape index (κ1) is 7.80. The topological polar surface area (TPSA) is 20.2 Å². The normalized spacial score (nSPS) is 33.7. The van der Waals surface area contributed by atoms with Crippen molar-refractivity contribution < 1.29 is 5.11 Å². The Labute approximate surface area is 62.8 Å². The molecule has 58 valence electrons. The Balaban J connectivity index is 2.57. The molecule has 0 aliphatic heterocycles. The average molecular weight is 140 g/mol. The molecule has 0 spiro atoms. The maximum absolute atomic E-state index is 8.88. The molecule has 1 aliphatic carbocycles. The summed E-state index contributed by atoms with van der Waals surface area (Å²) in [6, 6.07) is 0. The van der Waals surface area contributed by atoms with Gasteiger partial charge >= 0.3 is 0 Å². The van der Waals surface area contributed by atoms with Crippen LogP contribution in [-0.2, 0) is 0 Å². The Hall–Kier alpha value is -0.300. The monoisotopic (exact) mass is 140 g/mol. The number of hydrogen-bond donors (Lipinski definition) is 1. The molecule has 0 saturated carbocycles. The predicted molar refractivity (Wildman–Crippen MR) is 42.7 cm³/mol. The van der Waals surface area contributed by atoms with Crippen LogP contribution in [0.15, 0.2) is 11.6 Å². The smallest absolute Gasteiger partial charge is 0.0644 e. The lowest BCUT2D eigenvalue weighted by Crippen LogP contribution is -2.13. The minimum absolute atomic E-state index is 0.258. The van der Waals surface area contributed by atoms with Crippen LogP contribution in [0.4, 0.5) is 0 Å². The summed E-state index contributed by atoms with van der Waals surface area (Å²) in [5, 5.41) is 8.88. The van der Waals surface area contributed by atoms with Gasteiger partial charge in [-0.3, -0.25) is 0 Å². The maximum atomic E-state index is 8.88. The van der Waals surface area contributed by atoms with E-state index in [-0.39, 0.29) is 6.61 Å². The number of aliphatic hydroxyl groups is 1. The van der Waals surface area contributed by atoms with Gasteiger partial charge in [0.1, 0.15) is 0 Å². The maximum Gasteiger partial charge on any atom is 0.0644 e. The largest absolute Gasteiger partial charge is 0.392 e. The van der Waals surface area contributed by atoms with Gasteiger partial charge in [0, 0.05) is 0 Å². The molecule has 1 rings (SSSR count). The summed E-state index contributed by atoms with van der Waals surface area (Å²) >= 11 is 0. The van der Waals surface area contributed by atoms with Crippen molar-refractivity contribution in [3.63, 3.8) is 0 Å². The molecule has 0 aromatic carbocycles. The lowest BCUT2D eigenvalue weighted by atomic mass is 9.83. The van der Waals surface area contributed by atoms with E-state index in [1.165, 1.54) is 12.0 Å². The van der Waals surface area contributed by atoms with Crippen LogP contribution in [-0.4, -0.2) is 11.7 Å². The van der Waals surface area contributed by atoms with Crippen LogP contribution in [0.5, 0.6) is 0 Å². The zero-order valence-electron chi connectivity index (χ0n) is 6.80. The van der Waals surface area contributed by atoms with Gasteiger partial charge in [0.05, 0.1) is 6.61 Å². The molecular weight excluding hydrogens is 124 g/mol. The number of aliphatic hydroxyl groups excluding tert-OH is 1. The molecule has 0 heterocycles. The van der Waals surface area contributed by atoms with Crippen LogP contribution in [0, 0.1) is 11.8 Å². The Morgan fingerprint density at radius 1 is 1.60 bits per heavy atom. The summed E-state index contributed by atoms with van der Waals surface area (Å²) in [5.41, 5.74) is 1.23. The van der Waals surface area contributed by atoms with Crippen molar-refractivity contribution in [2.75, 3.05) is 6.61 Å². The SMILES string of the molecule is CC1CC=C(CO)C(C)C1. The van der Waals surface area contributed by atoms with Gasteiger partial charge in [-0.1, -0.05) is 19.9 Å².